The van der Waals surface area contributed by atoms with Crippen molar-refractivity contribution in [3.8, 4) is 11.5 Å². The summed E-state index contributed by atoms with van der Waals surface area (Å²) in [5.41, 5.74) is 2.09. The number of benzene rings is 1. The molecule has 2 unspecified atom stereocenters. The molecule has 3 rings (SSSR count). The number of likely N-dealkylation sites (tertiary alicyclic amines) is 1. The van der Waals surface area contributed by atoms with Crippen molar-refractivity contribution in [1.29, 1.82) is 0 Å². The van der Waals surface area contributed by atoms with Gasteiger partial charge in [0.15, 0.2) is 0 Å². The Morgan fingerprint density at radius 2 is 2.20 bits per heavy atom. The molecule has 0 bridgehead atoms. The lowest BCUT2D eigenvalue weighted by Crippen LogP contribution is -2.42. The van der Waals surface area contributed by atoms with E-state index in [9.17, 15) is 4.79 Å². The maximum atomic E-state index is 12.7. The number of rotatable bonds is 5. The van der Waals surface area contributed by atoms with Crippen LogP contribution in [0.25, 0.3) is 6.08 Å². The molecule has 2 aliphatic rings. The second-order valence-corrected chi connectivity index (χ2v) is 6.99. The summed E-state index contributed by atoms with van der Waals surface area (Å²) < 4.78 is 11.6. The second-order valence-electron chi connectivity index (χ2n) is 6.99. The summed E-state index contributed by atoms with van der Waals surface area (Å²) in [7, 11) is 0. The Bertz CT molecular complexity index is 653. The van der Waals surface area contributed by atoms with Crippen LogP contribution in [0.4, 0.5) is 0 Å². The topological polar surface area (TPSA) is 38.8 Å². The molecule has 4 heteroatoms. The molecule has 2 heterocycles. The van der Waals surface area contributed by atoms with E-state index in [1.54, 1.807) is 6.08 Å². The molecule has 2 atom stereocenters. The Balaban J connectivity index is 1.80. The SMILES string of the molecule is CCOc1cc2c(cc1/C=C/C(=O)N1CCCCC1CC)OC(C)C2. The molecule has 1 aromatic rings. The number of carbonyl (C=O) groups excluding carboxylic acids is 1. The van der Waals surface area contributed by atoms with Gasteiger partial charge in [-0.2, -0.15) is 0 Å². The first-order valence-corrected chi connectivity index (χ1v) is 9.57. The number of hydrogen-bond donors (Lipinski definition) is 0. The van der Waals surface area contributed by atoms with Gasteiger partial charge in [-0.1, -0.05) is 6.92 Å². The van der Waals surface area contributed by atoms with Crippen LogP contribution in [-0.4, -0.2) is 36.1 Å². The van der Waals surface area contributed by atoms with Gasteiger partial charge in [-0.25, -0.2) is 0 Å². The minimum Gasteiger partial charge on any atom is -0.493 e. The zero-order valence-corrected chi connectivity index (χ0v) is 15.6. The summed E-state index contributed by atoms with van der Waals surface area (Å²) in [5, 5.41) is 0. The first-order valence-electron chi connectivity index (χ1n) is 9.57. The second kappa shape index (κ2) is 7.94. The third-order valence-corrected chi connectivity index (χ3v) is 5.12. The van der Waals surface area contributed by atoms with Crippen LogP contribution in [0.3, 0.4) is 0 Å². The van der Waals surface area contributed by atoms with E-state index in [1.807, 2.05) is 24.0 Å². The molecular formula is C21H29NO3. The van der Waals surface area contributed by atoms with Crippen molar-refractivity contribution in [3.05, 3.63) is 29.3 Å². The Kier molecular flexibility index (Phi) is 5.67. The molecule has 0 spiro atoms. The lowest BCUT2D eigenvalue weighted by molar-refractivity contribution is -0.129. The summed E-state index contributed by atoms with van der Waals surface area (Å²) in [6.07, 6.45) is 9.14. The van der Waals surface area contributed by atoms with Crippen LogP contribution in [-0.2, 0) is 11.2 Å². The van der Waals surface area contributed by atoms with Gasteiger partial charge in [0.1, 0.15) is 17.6 Å². The van der Waals surface area contributed by atoms with Crippen LogP contribution in [0.2, 0.25) is 0 Å². The van der Waals surface area contributed by atoms with Crippen LogP contribution in [0.5, 0.6) is 11.5 Å². The number of nitrogens with zero attached hydrogens (tertiary/aromatic N) is 1. The molecule has 1 fully saturated rings. The fourth-order valence-corrected chi connectivity index (χ4v) is 3.84. The van der Waals surface area contributed by atoms with Crippen LogP contribution in [0.1, 0.15) is 57.6 Å². The third-order valence-electron chi connectivity index (χ3n) is 5.12. The molecule has 136 valence electrons. The van der Waals surface area contributed by atoms with E-state index in [2.05, 4.69) is 19.9 Å². The summed E-state index contributed by atoms with van der Waals surface area (Å²) in [5.74, 6) is 1.84. The lowest BCUT2D eigenvalue weighted by atomic mass is 10.00. The Morgan fingerprint density at radius 3 is 2.96 bits per heavy atom. The van der Waals surface area contributed by atoms with Crippen molar-refractivity contribution in [1.82, 2.24) is 4.90 Å². The highest BCUT2D eigenvalue weighted by Crippen LogP contribution is 2.35. The zero-order valence-electron chi connectivity index (χ0n) is 15.6. The first kappa shape index (κ1) is 17.8. The van der Waals surface area contributed by atoms with Gasteiger partial charge in [0, 0.05) is 36.2 Å². The maximum absolute atomic E-state index is 12.7. The predicted molar refractivity (Wildman–Crippen MR) is 100 cm³/mol. The van der Waals surface area contributed by atoms with Crippen LogP contribution in [0, 0.1) is 0 Å². The minimum absolute atomic E-state index is 0.101. The summed E-state index contributed by atoms with van der Waals surface area (Å²) in [6.45, 7) is 7.68. The van der Waals surface area contributed by atoms with Crippen molar-refractivity contribution in [3.63, 3.8) is 0 Å². The monoisotopic (exact) mass is 343 g/mol. The smallest absolute Gasteiger partial charge is 0.246 e. The largest absolute Gasteiger partial charge is 0.493 e. The number of piperidine rings is 1. The zero-order chi connectivity index (χ0) is 17.8. The van der Waals surface area contributed by atoms with Gasteiger partial charge < -0.3 is 14.4 Å². The fraction of sp³-hybridized carbons (Fsp3) is 0.571. The van der Waals surface area contributed by atoms with Crippen molar-refractivity contribution in [2.75, 3.05) is 13.2 Å². The van der Waals surface area contributed by atoms with E-state index in [1.165, 1.54) is 12.0 Å². The van der Waals surface area contributed by atoms with E-state index >= 15 is 0 Å². The van der Waals surface area contributed by atoms with Crippen LogP contribution >= 0.6 is 0 Å². The Labute approximate surface area is 150 Å². The lowest BCUT2D eigenvalue weighted by Gasteiger charge is -2.34. The summed E-state index contributed by atoms with van der Waals surface area (Å²) in [4.78, 5) is 14.7. The highest BCUT2D eigenvalue weighted by molar-refractivity contribution is 5.92. The van der Waals surface area contributed by atoms with Crippen molar-refractivity contribution >= 4 is 12.0 Å². The standard InChI is InChI=1S/C21H29NO3/c1-4-18-8-6-7-11-22(18)21(23)10-9-16-13-20-17(12-15(3)25-20)14-19(16)24-5-2/h9-10,13-15,18H,4-8,11-12H2,1-3H3/b10-9+. The minimum atomic E-state index is 0.101. The first-order chi connectivity index (χ1) is 12.1. The quantitative estimate of drug-likeness (QED) is 0.752. The summed E-state index contributed by atoms with van der Waals surface area (Å²) in [6, 6.07) is 4.44. The molecule has 1 amide bonds. The van der Waals surface area contributed by atoms with Gasteiger partial charge in [-0.15, -0.1) is 0 Å². The molecule has 0 aromatic heterocycles. The van der Waals surface area contributed by atoms with Gasteiger partial charge >= 0.3 is 0 Å². The van der Waals surface area contributed by atoms with Crippen molar-refractivity contribution < 1.29 is 14.3 Å². The predicted octanol–water partition coefficient (Wildman–Crippen LogP) is 4.21. The van der Waals surface area contributed by atoms with E-state index in [0.29, 0.717) is 12.6 Å². The number of hydrogen-bond acceptors (Lipinski definition) is 3. The normalized spacial score (nSPS) is 22.8. The molecule has 1 saturated heterocycles. The highest BCUT2D eigenvalue weighted by Gasteiger charge is 2.24. The highest BCUT2D eigenvalue weighted by atomic mass is 16.5. The average Bonchev–Trinajstić information content (AvgIpc) is 2.98. The molecule has 0 N–H and O–H groups in total. The molecule has 0 radical (unpaired) electrons. The van der Waals surface area contributed by atoms with E-state index in [4.69, 9.17) is 9.47 Å². The maximum Gasteiger partial charge on any atom is 0.246 e. The molecule has 0 saturated carbocycles. The molecule has 1 aromatic carbocycles. The van der Waals surface area contributed by atoms with Gasteiger partial charge in [0.05, 0.1) is 6.61 Å². The van der Waals surface area contributed by atoms with Crippen molar-refractivity contribution in [2.45, 2.75) is 65.0 Å². The van der Waals surface area contributed by atoms with E-state index < -0.39 is 0 Å². The molecule has 25 heavy (non-hydrogen) atoms. The van der Waals surface area contributed by atoms with Crippen molar-refractivity contribution in [2.24, 2.45) is 0 Å². The molecule has 2 aliphatic heterocycles. The van der Waals surface area contributed by atoms with Crippen LogP contribution < -0.4 is 9.47 Å². The van der Waals surface area contributed by atoms with Gasteiger partial charge in [0.25, 0.3) is 0 Å². The Hall–Kier alpha value is -1.97. The third kappa shape index (κ3) is 4.00. The Morgan fingerprint density at radius 1 is 1.36 bits per heavy atom. The van der Waals surface area contributed by atoms with Gasteiger partial charge in [0.2, 0.25) is 5.91 Å². The van der Waals surface area contributed by atoms with E-state index in [-0.39, 0.29) is 12.0 Å². The number of ether oxygens (including phenoxy) is 2. The number of carbonyl (C=O) groups is 1. The fourth-order valence-electron chi connectivity index (χ4n) is 3.84. The molecular weight excluding hydrogens is 314 g/mol. The van der Waals surface area contributed by atoms with Gasteiger partial charge in [-0.05, 0) is 57.7 Å². The number of amides is 1. The van der Waals surface area contributed by atoms with E-state index in [0.717, 1.165) is 49.3 Å². The molecule has 4 nitrogen and oxygen atoms in total. The molecule has 0 aliphatic carbocycles. The summed E-state index contributed by atoms with van der Waals surface area (Å²) >= 11 is 0. The van der Waals surface area contributed by atoms with Crippen LogP contribution in [0.15, 0.2) is 18.2 Å². The number of fused-ring (bicyclic) bond motifs is 1. The average molecular weight is 343 g/mol. The van der Waals surface area contributed by atoms with Gasteiger partial charge in [-0.3, -0.25) is 4.79 Å².